The van der Waals surface area contributed by atoms with E-state index in [4.69, 9.17) is 16.7 Å². The van der Waals surface area contributed by atoms with Gasteiger partial charge in [-0.15, -0.1) is 0 Å². The van der Waals surface area contributed by atoms with Crippen molar-refractivity contribution in [1.82, 2.24) is 9.78 Å². The first-order valence-corrected chi connectivity index (χ1v) is 6.57. The number of unbranched alkanes of at least 4 members (excludes halogenated alkanes) is 2. The van der Waals surface area contributed by atoms with Gasteiger partial charge in [-0.25, -0.2) is 4.68 Å². The van der Waals surface area contributed by atoms with Gasteiger partial charge in [0.25, 0.3) is 5.56 Å². The second-order valence-electron chi connectivity index (χ2n) is 4.43. The van der Waals surface area contributed by atoms with Gasteiger partial charge in [-0.3, -0.25) is 4.79 Å². The molecule has 0 spiro atoms. The smallest absolute Gasteiger partial charge is 0.287 e. The summed E-state index contributed by atoms with van der Waals surface area (Å²) in [4.78, 5) is 11.9. The molecule has 0 aliphatic carbocycles. The molecule has 0 amide bonds. The van der Waals surface area contributed by atoms with E-state index in [1.807, 2.05) is 13.8 Å². The summed E-state index contributed by atoms with van der Waals surface area (Å²) in [6, 6.07) is -0.00592. The van der Waals surface area contributed by atoms with E-state index >= 15 is 0 Å². The minimum atomic E-state index is -0.271. The van der Waals surface area contributed by atoms with Crippen LogP contribution in [0.1, 0.15) is 39.2 Å². The predicted octanol–water partition coefficient (Wildman–Crippen LogP) is 2.05. The Kier molecular flexibility index (Phi) is 6.15. The van der Waals surface area contributed by atoms with Crippen LogP contribution in [0.4, 0.5) is 5.69 Å². The molecule has 0 radical (unpaired) electrons. The van der Waals surface area contributed by atoms with Crippen molar-refractivity contribution in [3.8, 4) is 0 Å². The third kappa shape index (κ3) is 3.99. The molecule has 2 N–H and O–H groups in total. The molecule has 1 aromatic rings. The molecule has 6 heteroatoms. The number of hydrogen-bond donors (Lipinski definition) is 2. The molecule has 0 aliphatic heterocycles. The van der Waals surface area contributed by atoms with Gasteiger partial charge < -0.3 is 10.4 Å². The van der Waals surface area contributed by atoms with Crippen LogP contribution >= 0.6 is 11.6 Å². The normalized spacial score (nSPS) is 10.9. The van der Waals surface area contributed by atoms with Crippen LogP contribution in [0.15, 0.2) is 11.0 Å². The first-order valence-electron chi connectivity index (χ1n) is 6.20. The maximum absolute atomic E-state index is 11.9. The Bertz CT molecular complexity index is 432. The fourth-order valence-corrected chi connectivity index (χ4v) is 1.77. The van der Waals surface area contributed by atoms with Crippen molar-refractivity contribution in [2.75, 3.05) is 18.5 Å². The third-order valence-electron chi connectivity index (χ3n) is 2.58. The molecule has 0 bridgehead atoms. The molecule has 18 heavy (non-hydrogen) atoms. The lowest BCUT2D eigenvalue weighted by Crippen LogP contribution is -2.25. The van der Waals surface area contributed by atoms with Crippen LogP contribution in [0, 0.1) is 0 Å². The van der Waals surface area contributed by atoms with Crippen molar-refractivity contribution in [2.24, 2.45) is 0 Å². The molecular weight excluding hydrogens is 254 g/mol. The van der Waals surface area contributed by atoms with E-state index in [-0.39, 0.29) is 23.2 Å². The molecule has 0 saturated heterocycles. The van der Waals surface area contributed by atoms with E-state index < -0.39 is 0 Å². The monoisotopic (exact) mass is 273 g/mol. The largest absolute Gasteiger partial charge is 0.396 e. The number of hydrogen-bond acceptors (Lipinski definition) is 4. The quantitative estimate of drug-likeness (QED) is 0.746. The highest BCUT2D eigenvalue weighted by Crippen LogP contribution is 2.16. The first-order chi connectivity index (χ1) is 8.57. The van der Waals surface area contributed by atoms with Crippen molar-refractivity contribution in [2.45, 2.75) is 39.2 Å². The Balaban J connectivity index is 2.63. The number of aliphatic hydroxyl groups is 1. The van der Waals surface area contributed by atoms with Crippen molar-refractivity contribution >= 4 is 17.3 Å². The van der Waals surface area contributed by atoms with Gasteiger partial charge in [0, 0.05) is 13.2 Å². The van der Waals surface area contributed by atoms with Gasteiger partial charge in [0.05, 0.1) is 17.9 Å². The summed E-state index contributed by atoms with van der Waals surface area (Å²) in [7, 11) is 0. The Hall–Kier alpha value is -1.07. The molecule has 102 valence electrons. The zero-order valence-electron chi connectivity index (χ0n) is 10.8. The average molecular weight is 274 g/mol. The molecule has 0 saturated carbocycles. The van der Waals surface area contributed by atoms with Gasteiger partial charge in [0.15, 0.2) is 0 Å². The summed E-state index contributed by atoms with van der Waals surface area (Å²) in [5.74, 6) is 0. The van der Waals surface area contributed by atoms with Crippen molar-refractivity contribution < 1.29 is 5.11 Å². The Morgan fingerprint density at radius 1 is 1.44 bits per heavy atom. The van der Waals surface area contributed by atoms with E-state index in [9.17, 15) is 4.79 Å². The van der Waals surface area contributed by atoms with Crippen LogP contribution in [0.3, 0.4) is 0 Å². The Morgan fingerprint density at radius 2 is 2.17 bits per heavy atom. The lowest BCUT2D eigenvalue weighted by molar-refractivity contribution is 0.283. The molecular formula is C12H20ClN3O2. The zero-order valence-corrected chi connectivity index (χ0v) is 11.6. The maximum Gasteiger partial charge on any atom is 0.287 e. The summed E-state index contributed by atoms with van der Waals surface area (Å²) in [5, 5.41) is 16.0. The number of anilines is 1. The van der Waals surface area contributed by atoms with E-state index in [2.05, 4.69) is 10.4 Å². The fraction of sp³-hybridized carbons (Fsp3) is 0.667. The van der Waals surface area contributed by atoms with Gasteiger partial charge in [-0.1, -0.05) is 11.6 Å². The second-order valence-corrected chi connectivity index (χ2v) is 4.80. The van der Waals surface area contributed by atoms with E-state index in [0.29, 0.717) is 12.2 Å². The lowest BCUT2D eigenvalue weighted by atomic mass is 10.2. The summed E-state index contributed by atoms with van der Waals surface area (Å²) >= 11 is 6.01. The second kappa shape index (κ2) is 7.38. The summed E-state index contributed by atoms with van der Waals surface area (Å²) in [5.41, 5.74) is 0.301. The minimum absolute atomic E-state index is 0.00592. The van der Waals surface area contributed by atoms with Crippen molar-refractivity contribution in [3.05, 3.63) is 21.6 Å². The number of aromatic nitrogens is 2. The van der Waals surface area contributed by atoms with Crippen LogP contribution in [0.25, 0.3) is 0 Å². The van der Waals surface area contributed by atoms with E-state index in [1.54, 1.807) is 6.20 Å². The molecule has 1 heterocycles. The predicted molar refractivity (Wildman–Crippen MR) is 73.3 cm³/mol. The highest BCUT2D eigenvalue weighted by atomic mass is 35.5. The van der Waals surface area contributed by atoms with Crippen LogP contribution in [0.2, 0.25) is 5.02 Å². The molecule has 1 aromatic heterocycles. The van der Waals surface area contributed by atoms with Gasteiger partial charge >= 0.3 is 0 Å². The first kappa shape index (κ1) is 15.0. The molecule has 5 nitrogen and oxygen atoms in total. The van der Waals surface area contributed by atoms with Crippen molar-refractivity contribution in [1.29, 1.82) is 0 Å². The average Bonchev–Trinajstić information content (AvgIpc) is 2.33. The Labute approximate surface area is 112 Å². The fourth-order valence-electron chi connectivity index (χ4n) is 1.57. The molecule has 1 rings (SSSR count). The third-order valence-corrected chi connectivity index (χ3v) is 2.95. The minimum Gasteiger partial charge on any atom is -0.396 e. The topological polar surface area (TPSA) is 67.2 Å². The molecule has 0 aromatic carbocycles. The highest BCUT2D eigenvalue weighted by Gasteiger charge is 2.10. The zero-order chi connectivity index (χ0) is 13.5. The SMILES string of the molecule is CC(C)n1ncc(NCCCCCO)c(Cl)c1=O. The Morgan fingerprint density at radius 3 is 2.78 bits per heavy atom. The summed E-state index contributed by atoms with van der Waals surface area (Å²) in [6.07, 6.45) is 4.24. The maximum atomic E-state index is 11.9. The van der Waals surface area contributed by atoms with Crippen LogP contribution in [-0.4, -0.2) is 28.0 Å². The number of rotatable bonds is 7. The van der Waals surface area contributed by atoms with Crippen LogP contribution in [-0.2, 0) is 0 Å². The number of halogens is 1. The standard InChI is InChI=1S/C12H20ClN3O2/c1-9(2)16-12(18)11(13)10(8-15-16)14-6-4-3-5-7-17/h8-9,14,17H,3-7H2,1-2H3. The number of nitrogens with zero attached hydrogens (tertiary/aromatic N) is 2. The van der Waals surface area contributed by atoms with E-state index in [1.165, 1.54) is 4.68 Å². The van der Waals surface area contributed by atoms with Gasteiger partial charge in [0.2, 0.25) is 0 Å². The summed E-state index contributed by atoms with van der Waals surface area (Å²) < 4.78 is 1.36. The summed E-state index contributed by atoms with van der Waals surface area (Å²) in [6.45, 7) is 4.69. The molecule has 0 atom stereocenters. The van der Waals surface area contributed by atoms with Crippen LogP contribution < -0.4 is 10.9 Å². The van der Waals surface area contributed by atoms with E-state index in [0.717, 1.165) is 19.3 Å². The highest BCUT2D eigenvalue weighted by molar-refractivity contribution is 6.32. The van der Waals surface area contributed by atoms with Crippen LogP contribution in [0.5, 0.6) is 0 Å². The van der Waals surface area contributed by atoms with Gasteiger partial charge in [0.1, 0.15) is 5.02 Å². The lowest BCUT2D eigenvalue weighted by Gasteiger charge is -2.12. The molecule has 0 unspecified atom stereocenters. The van der Waals surface area contributed by atoms with Gasteiger partial charge in [-0.2, -0.15) is 5.10 Å². The molecule has 0 aliphatic rings. The molecule has 0 fully saturated rings. The van der Waals surface area contributed by atoms with Crippen molar-refractivity contribution in [3.63, 3.8) is 0 Å². The number of nitrogens with one attached hydrogen (secondary N) is 1. The number of aliphatic hydroxyl groups excluding tert-OH is 1. The van der Waals surface area contributed by atoms with Gasteiger partial charge in [-0.05, 0) is 33.1 Å².